The van der Waals surface area contributed by atoms with Gasteiger partial charge in [0.05, 0.1) is 17.9 Å². The van der Waals surface area contributed by atoms with Crippen molar-refractivity contribution in [3.63, 3.8) is 0 Å². The summed E-state index contributed by atoms with van der Waals surface area (Å²) in [7, 11) is 0. The minimum absolute atomic E-state index is 0.201. The zero-order valence-corrected chi connectivity index (χ0v) is 18.9. The normalized spacial score (nSPS) is 19.3. The highest BCUT2D eigenvalue weighted by Crippen LogP contribution is 2.44. The molecule has 6 rings (SSSR count). The van der Waals surface area contributed by atoms with Gasteiger partial charge in [-0.05, 0) is 37.3 Å². The maximum atomic E-state index is 13.8. The second-order valence-electron chi connectivity index (χ2n) is 8.34. The average molecular weight is 475 g/mol. The Morgan fingerprint density at radius 1 is 1.12 bits per heavy atom. The lowest BCUT2D eigenvalue weighted by Gasteiger charge is -2.46. The van der Waals surface area contributed by atoms with E-state index in [1.807, 2.05) is 30.3 Å². The highest BCUT2D eigenvalue weighted by molar-refractivity contribution is 6.30. The number of nitrogens with zero attached hydrogens (tertiary/aromatic N) is 6. The second-order valence-corrected chi connectivity index (χ2v) is 8.77. The maximum absolute atomic E-state index is 13.8. The smallest absolute Gasteiger partial charge is 0.274 e. The number of fused-ring (bicyclic) bond motifs is 2. The van der Waals surface area contributed by atoms with E-state index in [9.17, 15) is 9.59 Å². The van der Waals surface area contributed by atoms with E-state index in [1.54, 1.807) is 45.8 Å². The molecule has 5 heterocycles. The molecular formula is C24H19ClN6O3. The predicted molar refractivity (Wildman–Crippen MR) is 122 cm³/mol. The number of halogens is 1. The molecule has 1 fully saturated rings. The standard InChI is InChI=1S/C24H19ClN6O3/c1-15-18(13-34-28-15)22(32)29-10-11-30-23(33)21-12-20(19-4-2-3-9-26-19)27-31(21)14-24(29,30)16-5-7-17(25)8-6-16/h2-9,12-13H,10-11,14H2,1H3. The van der Waals surface area contributed by atoms with Gasteiger partial charge in [-0.1, -0.05) is 35.0 Å². The number of carbonyl (C=O) groups is 2. The Morgan fingerprint density at radius 3 is 2.65 bits per heavy atom. The van der Waals surface area contributed by atoms with E-state index in [0.717, 1.165) is 5.56 Å². The quantitative estimate of drug-likeness (QED) is 0.451. The first-order chi connectivity index (χ1) is 16.5. The largest absolute Gasteiger partial charge is 0.364 e. The Labute approximate surface area is 199 Å². The lowest BCUT2D eigenvalue weighted by atomic mass is 9.94. The Hall–Kier alpha value is -3.98. The van der Waals surface area contributed by atoms with Crippen LogP contribution < -0.4 is 0 Å². The Morgan fingerprint density at radius 2 is 1.94 bits per heavy atom. The third-order valence-corrected chi connectivity index (χ3v) is 6.77. The zero-order chi connectivity index (χ0) is 23.4. The zero-order valence-electron chi connectivity index (χ0n) is 18.2. The molecule has 0 aliphatic carbocycles. The SMILES string of the molecule is Cc1nocc1C(=O)N1CCN2C(=O)c3cc(-c4ccccn4)nn3CC12c1ccc(Cl)cc1. The van der Waals surface area contributed by atoms with Crippen LogP contribution in [0.25, 0.3) is 11.4 Å². The Balaban J connectivity index is 1.52. The van der Waals surface area contributed by atoms with Crippen molar-refractivity contribution in [2.45, 2.75) is 19.1 Å². The first-order valence-electron chi connectivity index (χ1n) is 10.8. The molecule has 1 unspecified atom stereocenters. The molecule has 2 amide bonds. The molecule has 1 atom stereocenters. The molecule has 0 radical (unpaired) electrons. The molecule has 0 bridgehead atoms. The number of rotatable bonds is 3. The van der Waals surface area contributed by atoms with Crippen molar-refractivity contribution in [2.24, 2.45) is 0 Å². The third-order valence-electron chi connectivity index (χ3n) is 6.51. The first kappa shape index (κ1) is 20.6. The minimum atomic E-state index is -1.08. The van der Waals surface area contributed by atoms with E-state index in [1.165, 1.54) is 6.26 Å². The summed E-state index contributed by atoms with van der Waals surface area (Å²) in [5.74, 6) is -0.460. The molecule has 10 heteroatoms. The highest BCUT2D eigenvalue weighted by atomic mass is 35.5. The summed E-state index contributed by atoms with van der Waals surface area (Å²) in [6.07, 6.45) is 3.03. The minimum Gasteiger partial charge on any atom is -0.364 e. The summed E-state index contributed by atoms with van der Waals surface area (Å²) in [5, 5.41) is 9.14. The van der Waals surface area contributed by atoms with Gasteiger partial charge in [0.1, 0.15) is 23.2 Å². The van der Waals surface area contributed by atoms with Gasteiger partial charge in [-0.3, -0.25) is 19.3 Å². The van der Waals surface area contributed by atoms with Gasteiger partial charge in [-0.2, -0.15) is 5.10 Å². The number of amides is 2. The van der Waals surface area contributed by atoms with Gasteiger partial charge in [-0.25, -0.2) is 0 Å². The number of carbonyl (C=O) groups excluding carboxylic acids is 2. The van der Waals surface area contributed by atoms with E-state index in [-0.39, 0.29) is 18.4 Å². The van der Waals surface area contributed by atoms with E-state index in [4.69, 9.17) is 21.2 Å². The molecule has 1 aromatic carbocycles. The molecule has 4 aromatic rings. The van der Waals surface area contributed by atoms with Crippen molar-refractivity contribution in [2.75, 3.05) is 13.1 Å². The van der Waals surface area contributed by atoms with Crippen molar-refractivity contribution < 1.29 is 14.1 Å². The van der Waals surface area contributed by atoms with Crippen molar-refractivity contribution in [1.29, 1.82) is 0 Å². The van der Waals surface area contributed by atoms with Crippen LogP contribution in [0, 0.1) is 6.92 Å². The van der Waals surface area contributed by atoms with Crippen LogP contribution in [0.5, 0.6) is 0 Å². The summed E-state index contributed by atoms with van der Waals surface area (Å²) in [4.78, 5) is 35.3. The number of hydrogen-bond acceptors (Lipinski definition) is 6. The lowest BCUT2D eigenvalue weighted by Crippen LogP contribution is -2.60. The van der Waals surface area contributed by atoms with Crippen molar-refractivity contribution in [3.8, 4) is 11.4 Å². The molecule has 9 nitrogen and oxygen atoms in total. The van der Waals surface area contributed by atoms with E-state index in [2.05, 4.69) is 10.1 Å². The molecule has 3 aromatic heterocycles. The van der Waals surface area contributed by atoms with Crippen LogP contribution in [0.3, 0.4) is 0 Å². The number of aromatic nitrogens is 4. The van der Waals surface area contributed by atoms with Crippen molar-refractivity contribution in [3.05, 3.63) is 88.5 Å². The van der Waals surface area contributed by atoms with Gasteiger partial charge in [0.15, 0.2) is 5.66 Å². The van der Waals surface area contributed by atoms with Crippen LogP contribution >= 0.6 is 11.6 Å². The fraction of sp³-hybridized carbons (Fsp3) is 0.208. The summed E-state index contributed by atoms with van der Waals surface area (Å²) < 4.78 is 6.70. The monoisotopic (exact) mass is 474 g/mol. The second kappa shape index (κ2) is 7.53. The fourth-order valence-electron chi connectivity index (χ4n) is 4.88. The average Bonchev–Trinajstić information content (AvgIpc) is 3.57. The van der Waals surface area contributed by atoms with Crippen LogP contribution in [-0.4, -0.2) is 54.6 Å². The van der Waals surface area contributed by atoms with E-state index in [0.29, 0.717) is 46.5 Å². The van der Waals surface area contributed by atoms with Gasteiger partial charge >= 0.3 is 0 Å². The van der Waals surface area contributed by atoms with Crippen molar-refractivity contribution in [1.82, 2.24) is 29.7 Å². The van der Waals surface area contributed by atoms with Crippen LogP contribution in [-0.2, 0) is 12.2 Å². The summed E-state index contributed by atoms with van der Waals surface area (Å²) in [5.41, 5.74) is 2.28. The van der Waals surface area contributed by atoms with Gasteiger partial charge in [0.2, 0.25) is 0 Å². The molecule has 0 saturated carbocycles. The molecular weight excluding hydrogens is 456 g/mol. The Kier molecular flexibility index (Phi) is 4.56. The number of benzene rings is 1. The molecule has 0 N–H and O–H groups in total. The number of hydrogen-bond donors (Lipinski definition) is 0. The molecule has 2 aliphatic heterocycles. The summed E-state index contributed by atoms with van der Waals surface area (Å²) in [6.45, 7) is 2.71. The van der Waals surface area contributed by atoms with Crippen LogP contribution in [0.1, 0.15) is 32.1 Å². The Bertz CT molecular complexity index is 1410. The van der Waals surface area contributed by atoms with Gasteiger partial charge in [0.25, 0.3) is 11.8 Å². The van der Waals surface area contributed by atoms with Gasteiger partial charge in [-0.15, -0.1) is 0 Å². The van der Waals surface area contributed by atoms with E-state index >= 15 is 0 Å². The molecule has 34 heavy (non-hydrogen) atoms. The summed E-state index contributed by atoms with van der Waals surface area (Å²) in [6, 6.07) is 14.5. The molecule has 170 valence electrons. The molecule has 0 spiro atoms. The summed E-state index contributed by atoms with van der Waals surface area (Å²) >= 11 is 6.17. The fourth-order valence-corrected chi connectivity index (χ4v) is 5.01. The maximum Gasteiger partial charge on any atom is 0.274 e. The lowest BCUT2D eigenvalue weighted by molar-refractivity contribution is -0.00850. The van der Waals surface area contributed by atoms with E-state index < -0.39 is 5.66 Å². The highest BCUT2D eigenvalue weighted by Gasteiger charge is 2.57. The van der Waals surface area contributed by atoms with Gasteiger partial charge < -0.3 is 14.3 Å². The van der Waals surface area contributed by atoms with Crippen LogP contribution in [0.2, 0.25) is 5.02 Å². The first-order valence-corrected chi connectivity index (χ1v) is 11.2. The number of pyridine rings is 1. The predicted octanol–water partition coefficient (Wildman–Crippen LogP) is 3.36. The van der Waals surface area contributed by atoms with Crippen molar-refractivity contribution >= 4 is 23.4 Å². The number of aryl methyl sites for hydroxylation is 1. The molecule has 2 aliphatic rings. The van der Waals surface area contributed by atoms with Gasteiger partial charge in [0, 0.05) is 29.9 Å². The third kappa shape index (κ3) is 2.90. The van der Waals surface area contributed by atoms with Crippen LogP contribution in [0.4, 0.5) is 0 Å². The van der Waals surface area contributed by atoms with Crippen LogP contribution in [0.15, 0.2) is 65.5 Å². The molecule has 1 saturated heterocycles. The topological polar surface area (TPSA) is 97.4 Å².